The molecule has 1 aromatic carbocycles. The molecular weight excluding hydrogens is 319 g/mol. The monoisotopic (exact) mass is 330 g/mol. The lowest BCUT2D eigenvalue weighted by Crippen LogP contribution is -2.07. The van der Waals surface area contributed by atoms with Crippen LogP contribution >= 0.6 is 34.8 Å². The van der Waals surface area contributed by atoms with Crippen LogP contribution in [0.2, 0.25) is 15.3 Å². The Morgan fingerprint density at radius 1 is 1.15 bits per heavy atom. The summed E-state index contributed by atoms with van der Waals surface area (Å²) in [6.45, 7) is 1.98. The Bertz CT molecular complexity index is 592. The zero-order chi connectivity index (χ0) is 14.7. The molecule has 0 spiro atoms. The Morgan fingerprint density at radius 3 is 2.30 bits per heavy atom. The van der Waals surface area contributed by atoms with Crippen molar-refractivity contribution in [3.05, 3.63) is 45.4 Å². The zero-order valence-electron chi connectivity index (χ0n) is 11.0. The largest absolute Gasteiger partial charge is 0.373 e. The summed E-state index contributed by atoms with van der Waals surface area (Å²) in [4.78, 5) is 8.57. The van der Waals surface area contributed by atoms with Gasteiger partial charge in [-0.1, -0.05) is 53.9 Å². The van der Waals surface area contributed by atoms with Gasteiger partial charge in [-0.2, -0.15) is 0 Å². The molecule has 0 saturated heterocycles. The predicted octanol–water partition coefficient (Wildman–Crippen LogP) is 5.20. The highest BCUT2D eigenvalue weighted by Gasteiger charge is 2.18. The van der Waals surface area contributed by atoms with Gasteiger partial charge in [-0.25, -0.2) is 9.97 Å². The highest BCUT2D eigenvalue weighted by atomic mass is 35.5. The van der Waals surface area contributed by atoms with E-state index < -0.39 is 0 Å². The molecule has 0 N–H and O–H groups in total. The highest BCUT2D eigenvalue weighted by Crippen LogP contribution is 2.34. The first-order chi connectivity index (χ1) is 9.56. The van der Waals surface area contributed by atoms with Gasteiger partial charge in [-0.3, -0.25) is 0 Å². The summed E-state index contributed by atoms with van der Waals surface area (Å²) in [6, 6.07) is 7.23. The Labute approximate surface area is 132 Å². The lowest BCUT2D eigenvalue weighted by Gasteiger charge is -2.14. The molecule has 0 radical (unpaired) electrons. The van der Waals surface area contributed by atoms with Crippen molar-refractivity contribution in [3.63, 3.8) is 0 Å². The number of hydrogen-bond acceptors (Lipinski definition) is 3. The van der Waals surface area contributed by atoms with Crippen LogP contribution in [-0.4, -0.2) is 17.1 Å². The minimum atomic E-state index is -0.224. The normalized spacial score (nSPS) is 12.4. The quantitative estimate of drug-likeness (QED) is 0.722. The van der Waals surface area contributed by atoms with Gasteiger partial charge in [-0.05, 0) is 24.1 Å². The third kappa shape index (κ3) is 3.23. The maximum atomic E-state index is 6.25. The van der Waals surface area contributed by atoms with Gasteiger partial charge >= 0.3 is 0 Å². The molecule has 1 unspecified atom stereocenters. The molecule has 1 heterocycles. The van der Waals surface area contributed by atoms with Gasteiger partial charge in [0.05, 0.1) is 5.56 Å². The van der Waals surface area contributed by atoms with Crippen LogP contribution in [0, 0.1) is 0 Å². The van der Waals surface area contributed by atoms with Gasteiger partial charge in [0.1, 0.15) is 16.4 Å². The van der Waals surface area contributed by atoms with E-state index in [1.165, 1.54) is 0 Å². The van der Waals surface area contributed by atoms with E-state index in [1.54, 1.807) is 19.2 Å². The Hall–Kier alpha value is -0.870. The van der Waals surface area contributed by atoms with Gasteiger partial charge in [0.25, 0.3) is 0 Å². The lowest BCUT2D eigenvalue weighted by atomic mass is 10.1. The average molecular weight is 332 g/mol. The number of halogens is 3. The molecule has 0 saturated carbocycles. The van der Waals surface area contributed by atoms with E-state index in [2.05, 4.69) is 9.97 Å². The maximum absolute atomic E-state index is 6.25. The van der Waals surface area contributed by atoms with E-state index in [0.717, 1.165) is 12.0 Å². The number of nitrogens with zero attached hydrogens (tertiary/aromatic N) is 2. The Kier molecular flexibility index (Phi) is 5.22. The second kappa shape index (κ2) is 6.72. The molecule has 0 aliphatic rings. The van der Waals surface area contributed by atoms with Crippen LogP contribution in [0.3, 0.4) is 0 Å². The molecule has 106 valence electrons. The van der Waals surface area contributed by atoms with Gasteiger partial charge in [-0.15, -0.1) is 0 Å². The number of methoxy groups -OCH3 is 1. The van der Waals surface area contributed by atoms with Crippen molar-refractivity contribution in [3.8, 4) is 11.1 Å². The molecule has 2 aromatic rings. The summed E-state index contributed by atoms with van der Waals surface area (Å²) < 4.78 is 5.30. The van der Waals surface area contributed by atoms with Gasteiger partial charge in [0.15, 0.2) is 5.82 Å². The fraction of sp³-hybridized carbons (Fsp3) is 0.286. The van der Waals surface area contributed by atoms with Crippen molar-refractivity contribution in [2.24, 2.45) is 0 Å². The molecule has 0 aliphatic carbocycles. The third-order valence-corrected chi connectivity index (χ3v) is 3.68. The van der Waals surface area contributed by atoms with Crippen molar-refractivity contribution >= 4 is 34.8 Å². The summed E-state index contributed by atoms with van der Waals surface area (Å²) in [5.41, 5.74) is 1.36. The molecule has 0 aliphatic heterocycles. The molecule has 0 fully saturated rings. The summed E-state index contributed by atoms with van der Waals surface area (Å²) in [6.07, 6.45) is 0.512. The van der Waals surface area contributed by atoms with E-state index >= 15 is 0 Å². The number of aromatic nitrogens is 2. The first kappa shape index (κ1) is 15.5. The van der Waals surface area contributed by atoms with Gasteiger partial charge in [0, 0.05) is 12.1 Å². The standard InChI is InChI=1S/C14H13Cl3N2O/c1-3-10(20-2)14-18-12(16)11(13(17)19-14)8-5-4-6-9(15)7-8/h4-7,10H,3H2,1-2H3. The van der Waals surface area contributed by atoms with Crippen LogP contribution in [0.1, 0.15) is 25.3 Å². The number of hydrogen-bond donors (Lipinski definition) is 0. The van der Waals surface area contributed by atoms with Crippen LogP contribution < -0.4 is 0 Å². The fourth-order valence-electron chi connectivity index (χ4n) is 1.90. The first-order valence-corrected chi connectivity index (χ1v) is 7.21. The van der Waals surface area contributed by atoms with Crippen LogP contribution in [0.25, 0.3) is 11.1 Å². The zero-order valence-corrected chi connectivity index (χ0v) is 13.3. The van der Waals surface area contributed by atoms with Crippen LogP contribution in [0.5, 0.6) is 0 Å². The van der Waals surface area contributed by atoms with E-state index in [-0.39, 0.29) is 16.4 Å². The number of ether oxygens (including phenoxy) is 1. The van der Waals surface area contributed by atoms with Crippen molar-refractivity contribution < 1.29 is 4.74 Å². The Morgan fingerprint density at radius 2 is 1.80 bits per heavy atom. The molecule has 3 nitrogen and oxygen atoms in total. The van der Waals surface area contributed by atoms with E-state index in [1.807, 2.05) is 19.1 Å². The minimum Gasteiger partial charge on any atom is -0.373 e. The average Bonchev–Trinajstić information content (AvgIpc) is 2.39. The van der Waals surface area contributed by atoms with Crippen molar-refractivity contribution in [1.82, 2.24) is 9.97 Å². The van der Waals surface area contributed by atoms with Crippen molar-refractivity contribution in [2.45, 2.75) is 19.4 Å². The van der Waals surface area contributed by atoms with Crippen LogP contribution in [0.4, 0.5) is 0 Å². The summed E-state index contributed by atoms with van der Waals surface area (Å²) in [5.74, 6) is 0.482. The topological polar surface area (TPSA) is 35.0 Å². The lowest BCUT2D eigenvalue weighted by molar-refractivity contribution is 0.0926. The van der Waals surface area contributed by atoms with Crippen molar-refractivity contribution in [1.29, 1.82) is 0 Å². The molecule has 2 rings (SSSR count). The number of benzene rings is 1. The van der Waals surface area contributed by atoms with E-state index in [4.69, 9.17) is 39.5 Å². The molecule has 0 bridgehead atoms. The molecule has 6 heteroatoms. The van der Waals surface area contributed by atoms with Crippen LogP contribution in [-0.2, 0) is 4.74 Å². The maximum Gasteiger partial charge on any atom is 0.160 e. The van der Waals surface area contributed by atoms with E-state index in [9.17, 15) is 0 Å². The first-order valence-electron chi connectivity index (χ1n) is 6.08. The SMILES string of the molecule is CCC(OC)c1nc(Cl)c(-c2cccc(Cl)c2)c(Cl)n1. The minimum absolute atomic E-state index is 0.224. The highest BCUT2D eigenvalue weighted by molar-refractivity contribution is 6.38. The van der Waals surface area contributed by atoms with Crippen LogP contribution in [0.15, 0.2) is 24.3 Å². The van der Waals surface area contributed by atoms with Gasteiger partial charge < -0.3 is 4.74 Å². The second-order valence-electron chi connectivity index (χ2n) is 4.18. The summed E-state index contributed by atoms with van der Waals surface area (Å²) in [7, 11) is 1.60. The van der Waals surface area contributed by atoms with Crippen molar-refractivity contribution in [2.75, 3.05) is 7.11 Å². The third-order valence-electron chi connectivity index (χ3n) is 2.89. The molecule has 1 atom stereocenters. The molecular formula is C14H13Cl3N2O. The Balaban J connectivity index is 2.51. The molecule has 0 amide bonds. The summed E-state index contributed by atoms with van der Waals surface area (Å²) >= 11 is 18.5. The second-order valence-corrected chi connectivity index (χ2v) is 5.33. The molecule has 1 aromatic heterocycles. The predicted molar refractivity (Wildman–Crippen MR) is 82.5 cm³/mol. The molecule has 20 heavy (non-hydrogen) atoms. The van der Waals surface area contributed by atoms with E-state index in [0.29, 0.717) is 16.4 Å². The van der Waals surface area contributed by atoms with Gasteiger partial charge in [0.2, 0.25) is 0 Å². The summed E-state index contributed by atoms with van der Waals surface area (Å²) in [5, 5.41) is 1.18. The number of rotatable bonds is 4. The fourth-order valence-corrected chi connectivity index (χ4v) is 2.71. The smallest absolute Gasteiger partial charge is 0.160 e.